The summed E-state index contributed by atoms with van der Waals surface area (Å²) < 4.78 is 0. The van der Waals surface area contributed by atoms with Gasteiger partial charge in [0.25, 0.3) is 0 Å². The molecule has 0 unspecified atom stereocenters. The van der Waals surface area contributed by atoms with E-state index in [1.807, 2.05) is 0 Å². The second-order valence-corrected chi connectivity index (χ2v) is 6.47. The van der Waals surface area contributed by atoms with Crippen molar-refractivity contribution in [1.82, 2.24) is 0 Å². The Bertz CT molecular complexity index is 151. The first-order valence-electron chi connectivity index (χ1n) is 8.93. The van der Waals surface area contributed by atoms with Crippen LogP contribution in [0, 0.1) is 5.92 Å². The van der Waals surface area contributed by atoms with E-state index >= 15 is 0 Å². The van der Waals surface area contributed by atoms with Crippen molar-refractivity contribution in [3.8, 4) is 0 Å². The first-order chi connectivity index (χ1) is 8.93. The van der Waals surface area contributed by atoms with Crippen molar-refractivity contribution in [3.05, 3.63) is 0 Å². The van der Waals surface area contributed by atoms with Gasteiger partial charge in [0.15, 0.2) is 0 Å². The third-order valence-electron chi connectivity index (χ3n) is 4.69. The fourth-order valence-corrected chi connectivity index (χ4v) is 3.40. The third-order valence-corrected chi connectivity index (χ3v) is 4.69. The zero-order valence-electron chi connectivity index (χ0n) is 12.9. The van der Waals surface area contributed by atoms with Gasteiger partial charge in [0.2, 0.25) is 0 Å². The fourth-order valence-electron chi connectivity index (χ4n) is 3.40. The molecule has 0 aliphatic heterocycles. The predicted octanol–water partition coefficient (Wildman–Crippen LogP) is 6.88. The van der Waals surface area contributed by atoms with Crippen molar-refractivity contribution < 1.29 is 0 Å². The Hall–Kier alpha value is 0. The van der Waals surface area contributed by atoms with E-state index in [4.69, 9.17) is 0 Å². The highest BCUT2D eigenvalue weighted by molar-refractivity contribution is 4.63. The van der Waals surface area contributed by atoms with Gasteiger partial charge in [-0.05, 0) is 5.92 Å². The zero-order chi connectivity index (χ0) is 12.9. The molecule has 0 aromatic rings. The fraction of sp³-hybridized carbons (Fsp3) is 1.00. The molecule has 0 radical (unpaired) electrons. The zero-order valence-corrected chi connectivity index (χ0v) is 12.9. The van der Waals surface area contributed by atoms with Crippen LogP contribution in [0.1, 0.15) is 110 Å². The Morgan fingerprint density at radius 2 is 1.11 bits per heavy atom. The van der Waals surface area contributed by atoms with Crippen LogP contribution in [0.4, 0.5) is 0 Å². The van der Waals surface area contributed by atoms with Gasteiger partial charge in [0.05, 0.1) is 0 Å². The van der Waals surface area contributed by atoms with Gasteiger partial charge in [-0.25, -0.2) is 0 Å². The maximum absolute atomic E-state index is 2.31. The van der Waals surface area contributed by atoms with Crippen LogP contribution in [0.3, 0.4) is 0 Å². The summed E-state index contributed by atoms with van der Waals surface area (Å²) in [6.45, 7) is 2.31. The second-order valence-electron chi connectivity index (χ2n) is 6.47. The molecule has 1 rings (SSSR count). The lowest BCUT2D eigenvalue weighted by atomic mass is 9.88. The Kier molecular flexibility index (Phi) is 10.8. The van der Waals surface area contributed by atoms with Gasteiger partial charge >= 0.3 is 0 Å². The molecule has 0 bridgehead atoms. The largest absolute Gasteiger partial charge is 0.0654 e. The molecule has 1 fully saturated rings. The number of hydrogen-bond donors (Lipinski definition) is 0. The summed E-state index contributed by atoms with van der Waals surface area (Å²) in [5.41, 5.74) is 0. The van der Waals surface area contributed by atoms with Crippen molar-refractivity contribution in [1.29, 1.82) is 0 Å². The van der Waals surface area contributed by atoms with Crippen LogP contribution >= 0.6 is 0 Å². The molecule has 0 heteroatoms. The van der Waals surface area contributed by atoms with Crippen LogP contribution in [-0.2, 0) is 0 Å². The molecule has 0 spiro atoms. The lowest BCUT2D eigenvalue weighted by Crippen LogP contribution is -2.02. The Morgan fingerprint density at radius 1 is 0.611 bits per heavy atom. The summed E-state index contributed by atoms with van der Waals surface area (Å²) in [7, 11) is 0. The van der Waals surface area contributed by atoms with E-state index in [2.05, 4.69) is 6.92 Å². The van der Waals surface area contributed by atoms with Crippen molar-refractivity contribution in [3.63, 3.8) is 0 Å². The summed E-state index contributed by atoms with van der Waals surface area (Å²) in [6.07, 6.45) is 23.9. The van der Waals surface area contributed by atoms with E-state index in [-0.39, 0.29) is 0 Å². The SMILES string of the molecule is CCCCCCCCC1CCCCCCCCC1. The van der Waals surface area contributed by atoms with E-state index in [1.165, 1.54) is 103 Å². The average molecular weight is 252 g/mol. The number of unbranched alkanes of at least 4 members (excludes halogenated alkanes) is 5. The molecule has 18 heavy (non-hydrogen) atoms. The van der Waals surface area contributed by atoms with Gasteiger partial charge in [-0.15, -0.1) is 0 Å². The second kappa shape index (κ2) is 12.1. The maximum Gasteiger partial charge on any atom is -0.0414 e. The minimum absolute atomic E-state index is 1.08. The van der Waals surface area contributed by atoms with Crippen LogP contribution in [0.15, 0.2) is 0 Å². The summed E-state index contributed by atoms with van der Waals surface area (Å²) in [4.78, 5) is 0. The van der Waals surface area contributed by atoms with E-state index in [1.54, 1.807) is 0 Å². The van der Waals surface area contributed by atoms with Gasteiger partial charge in [0, 0.05) is 0 Å². The molecule has 0 saturated heterocycles. The van der Waals surface area contributed by atoms with Crippen molar-refractivity contribution >= 4 is 0 Å². The van der Waals surface area contributed by atoms with E-state index in [9.17, 15) is 0 Å². The Balaban J connectivity index is 2.02. The van der Waals surface area contributed by atoms with Crippen LogP contribution in [0.25, 0.3) is 0 Å². The smallest absolute Gasteiger partial charge is 0.0414 e. The van der Waals surface area contributed by atoms with Crippen LogP contribution < -0.4 is 0 Å². The van der Waals surface area contributed by atoms with E-state index < -0.39 is 0 Å². The van der Waals surface area contributed by atoms with Gasteiger partial charge in [-0.2, -0.15) is 0 Å². The molecule has 1 aliphatic rings. The molecular formula is C18H36. The highest BCUT2D eigenvalue weighted by Crippen LogP contribution is 2.25. The average Bonchev–Trinajstić information content (AvgIpc) is 2.41. The monoisotopic (exact) mass is 252 g/mol. The molecule has 1 aliphatic carbocycles. The molecule has 0 aromatic carbocycles. The lowest BCUT2D eigenvalue weighted by Gasteiger charge is -2.18. The van der Waals surface area contributed by atoms with Gasteiger partial charge in [0.1, 0.15) is 0 Å². The number of rotatable bonds is 7. The molecule has 0 amide bonds. The summed E-state index contributed by atoms with van der Waals surface area (Å²) in [6, 6.07) is 0. The molecular weight excluding hydrogens is 216 g/mol. The van der Waals surface area contributed by atoms with E-state index in [0.29, 0.717) is 0 Å². The molecule has 1 saturated carbocycles. The highest BCUT2D eigenvalue weighted by atomic mass is 14.2. The quantitative estimate of drug-likeness (QED) is 0.433. The molecule has 0 heterocycles. The topological polar surface area (TPSA) is 0 Å². The first-order valence-corrected chi connectivity index (χ1v) is 8.93. The summed E-state index contributed by atoms with van der Waals surface area (Å²) >= 11 is 0. The Labute approximate surface area is 116 Å². The molecule has 0 N–H and O–H groups in total. The first kappa shape index (κ1) is 16.1. The minimum atomic E-state index is 1.08. The maximum atomic E-state index is 2.31. The lowest BCUT2D eigenvalue weighted by molar-refractivity contribution is 0.356. The molecule has 0 nitrogen and oxygen atoms in total. The van der Waals surface area contributed by atoms with Gasteiger partial charge < -0.3 is 0 Å². The standard InChI is InChI=1S/C18H36/c1-2-3-4-5-9-12-15-18-16-13-10-7-6-8-11-14-17-18/h18H,2-17H2,1H3. The van der Waals surface area contributed by atoms with Gasteiger partial charge in [-0.1, -0.05) is 110 Å². The molecule has 0 aromatic heterocycles. The highest BCUT2D eigenvalue weighted by Gasteiger charge is 2.09. The summed E-state index contributed by atoms with van der Waals surface area (Å²) in [5, 5.41) is 0. The van der Waals surface area contributed by atoms with E-state index in [0.717, 1.165) is 5.92 Å². The molecule has 108 valence electrons. The normalized spacial score (nSPS) is 19.8. The minimum Gasteiger partial charge on any atom is -0.0654 e. The van der Waals surface area contributed by atoms with Crippen LogP contribution in [-0.4, -0.2) is 0 Å². The third kappa shape index (κ3) is 9.00. The summed E-state index contributed by atoms with van der Waals surface area (Å²) in [5.74, 6) is 1.08. The molecule has 0 atom stereocenters. The van der Waals surface area contributed by atoms with Crippen molar-refractivity contribution in [2.45, 2.75) is 110 Å². The predicted molar refractivity (Wildman–Crippen MR) is 83.0 cm³/mol. The van der Waals surface area contributed by atoms with Crippen LogP contribution in [0.2, 0.25) is 0 Å². The van der Waals surface area contributed by atoms with Crippen molar-refractivity contribution in [2.75, 3.05) is 0 Å². The van der Waals surface area contributed by atoms with Crippen LogP contribution in [0.5, 0.6) is 0 Å². The van der Waals surface area contributed by atoms with Crippen molar-refractivity contribution in [2.24, 2.45) is 5.92 Å². The number of hydrogen-bond acceptors (Lipinski definition) is 0. The van der Waals surface area contributed by atoms with Gasteiger partial charge in [-0.3, -0.25) is 0 Å². The Morgan fingerprint density at radius 3 is 1.72 bits per heavy atom.